The molecule has 1 fully saturated rings. The summed E-state index contributed by atoms with van der Waals surface area (Å²) >= 11 is 0. The van der Waals surface area contributed by atoms with Crippen molar-refractivity contribution in [3.8, 4) is 0 Å². The average molecular weight is 200 g/mol. The molecule has 0 bridgehead atoms. The van der Waals surface area contributed by atoms with E-state index in [-0.39, 0.29) is 11.5 Å². The number of rotatable bonds is 3. The lowest BCUT2D eigenvalue weighted by atomic mass is 10.2. The van der Waals surface area contributed by atoms with Gasteiger partial charge in [0, 0.05) is 19.6 Å². The molecule has 0 aromatic carbocycles. The number of piperazine rings is 1. The third kappa shape index (κ3) is 4.07. The van der Waals surface area contributed by atoms with Gasteiger partial charge >= 0.3 is 0 Å². The molecule has 1 aliphatic rings. The van der Waals surface area contributed by atoms with E-state index in [1.54, 1.807) is 0 Å². The van der Waals surface area contributed by atoms with Crippen molar-refractivity contribution in [3.05, 3.63) is 0 Å². The molecule has 0 spiro atoms. The lowest BCUT2D eigenvalue weighted by Gasteiger charge is -2.28. The van der Waals surface area contributed by atoms with Gasteiger partial charge in [0.25, 0.3) is 0 Å². The number of hydrogen-bond donors (Lipinski definition) is 1. The maximum Gasteiger partial charge on any atom is 0.236 e. The van der Waals surface area contributed by atoms with E-state index in [0.29, 0.717) is 19.7 Å². The Morgan fingerprint density at radius 2 is 2.21 bits per heavy atom. The van der Waals surface area contributed by atoms with Crippen molar-refractivity contribution in [2.24, 2.45) is 0 Å². The van der Waals surface area contributed by atoms with Crippen molar-refractivity contribution < 1.29 is 9.53 Å². The van der Waals surface area contributed by atoms with Gasteiger partial charge in [-0.1, -0.05) is 0 Å². The van der Waals surface area contributed by atoms with Crippen LogP contribution < -0.4 is 5.32 Å². The molecule has 0 saturated carbocycles. The van der Waals surface area contributed by atoms with E-state index in [1.807, 2.05) is 25.7 Å². The van der Waals surface area contributed by atoms with Crippen molar-refractivity contribution in [3.63, 3.8) is 0 Å². The van der Waals surface area contributed by atoms with Crippen LogP contribution in [0.1, 0.15) is 20.8 Å². The molecule has 0 aromatic heterocycles. The molecule has 0 radical (unpaired) electrons. The summed E-state index contributed by atoms with van der Waals surface area (Å²) in [5, 5.41) is 3.04. The highest BCUT2D eigenvalue weighted by molar-refractivity contribution is 5.78. The molecule has 1 saturated heterocycles. The predicted octanol–water partition coefficient (Wildman–Crippen LogP) is 0.233. The third-order valence-corrected chi connectivity index (χ3v) is 2.08. The van der Waals surface area contributed by atoms with Crippen molar-refractivity contribution in [1.82, 2.24) is 10.2 Å². The Labute approximate surface area is 85.6 Å². The molecule has 82 valence electrons. The Morgan fingerprint density at radius 1 is 1.50 bits per heavy atom. The topological polar surface area (TPSA) is 41.6 Å². The van der Waals surface area contributed by atoms with E-state index < -0.39 is 0 Å². The van der Waals surface area contributed by atoms with Crippen molar-refractivity contribution in [1.29, 1.82) is 0 Å². The summed E-state index contributed by atoms with van der Waals surface area (Å²) in [7, 11) is 0. The number of nitrogens with zero attached hydrogens (tertiary/aromatic N) is 1. The average Bonchev–Trinajstić information content (AvgIpc) is 2.06. The number of nitrogens with one attached hydrogen (secondary N) is 1. The Morgan fingerprint density at radius 3 is 2.79 bits per heavy atom. The van der Waals surface area contributed by atoms with Gasteiger partial charge in [-0.2, -0.15) is 0 Å². The minimum atomic E-state index is -0.114. The van der Waals surface area contributed by atoms with Crippen LogP contribution in [0.2, 0.25) is 0 Å². The summed E-state index contributed by atoms with van der Waals surface area (Å²) < 4.78 is 5.57. The summed E-state index contributed by atoms with van der Waals surface area (Å²) in [6.45, 7) is 9.54. The van der Waals surface area contributed by atoms with Crippen LogP contribution >= 0.6 is 0 Å². The Hall–Kier alpha value is -0.610. The monoisotopic (exact) mass is 200 g/mol. The lowest BCUT2D eigenvalue weighted by Crippen LogP contribution is -2.49. The second kappa shape index (κ2) is 4.75. The lowest BCUT2D eigenvalue weighted by molar-refractivity contribution is -0.133. The van der Waals surface area contributed by atoms with E-state index in [9.17, 15) is 4.79 Å². The Kier molecular flexibility index (Phi) is 3.89. The van der Waals surface area contributed by atoms with E-state index in [4.69, 9.17) is 4.74 Å². The van der Waals surface area contributed by atoms with Crippen molar-refractivity contribution in [2.45, 2.75) is 26.4 Å². The fourth-order valence-electron chi connectivity index (χ4n) is 1.34. The zero-order valence-electron chi connectivity index (χ0n) is 9.30. The smallest absolute Gasteiger partial charge is 0.236 e. The quantitative estimate of drug-likeness (QED) is 0.709. The molecular weight excluding hydrogens is 180 g/mol. The molecular formula is C10H20N2O2. The second-order valence-electron chi connectivity index (χ2n) is 4.52. The molecule has 4 heteroatoms. The highest BCUT2D eigenvalue weighted by atomic mass is 16.5. The molecule has 4 nitrogen and oxygen atoms in total. The molecule has 14 heavy (non-hydrogen) atoms. The first-order chi connectivity index (χ1) is 6.49. The molecule has 1 rings (SSSR count). The number of hydrogen-bond acceptors (Lipinski definition) is 3. The summed E-state index contributed by atoms with van der Waals surface area (Å²) in [6, 6.07) is 0. The normalized spacial score (nSPS) is 18.8. The molecule has 1 N–H and O–H groups in total. The van der Waals surface area contributed by atoms with Crippen molar-refractivity contribution >= 4 is 5.91 Å². The highest BCUT2D eigenvalue weighted by Gasteiger charge is 2.18. The van der Waals surface area contributed by atoms with Crippen LogP contribution in [0, 0.1) is 0 Å². The minimum absolute atomic E-state index is 0.114. The summed E-state index contributed by atoms with van der Waals surface area (Å²) in [5.74, 6) is 0.175. The first-order valence-electron chi connectivity index (χ1n) is 5.11. The van der Waals surface area contributed by atoms with Crippen LogP contribution in [0.4, 0.5) is 0 Å². The van der Waals surface area contributed by atoms with Crippen LogP contribution in [-0.4, -0.2) is 49.2 Å². The van der Waals surface area contributed by atoms with E-state index in [1.165, 1.54) is 0 Å². The molecule has 1 amide bonds. The predicted molar refractivity (Wildman–Crippen MR) is 55.2 cm³/mol. The molecule has 0 aliphatic carbocycles. The van der Waals surface area contributed by atoms with Gasteiger partial charge in [-0.3, -0.25) is 4.79 Å². The van der Waals surface area contributed by atoms with E-state index >= 15 is 0 Å². The first-order valence-corrected chi connectivity index (χ1v) is 5.11. The van der Waals surface area contributed by atoms with Crippen molar-refractivity contribution in [2.75, 3.05) is 32.8 Å². The Bertz CT molecular complexity index is 199. The van der Waals surface area contributed by atoms with Crippen LogP contribution in [0.5, 0.6) is 0 Å². The SMILES string of the molecule is CC(C)(C)OCCN1CCNCC1=O. The van der Waals surface area contributed by atoms with Crippen LogP contribution in [0.3, 0.4) is 0 Å². The summed E-state index contributed by atoms with van der Waals surface area (Å²) in [6.07, 6.45) is 0. The van der Waals surface area contributed by atoms with E-state index in [0.717, 1.165) is 13.1 Å². The van der Waals surface area contributed by atoms with Gasteiger partial charge in [-0.05, 0) is 20.8 Å². The van der Waals surface area contributed by atoms with Crippen LogP contribution in [-0.2, 0) is 9.53 Å². The van der Waals surface area contributed by atoms with Gasteiger partial charge < -0.3 is 15.0 Å². The molecule has 1 aliphatic heterocycles. The van der Waals surface area contributed by atoms with Crippen LogP contribution in [0.25, 0.3) is 0 Å². The van der Waals surface area contributed by atoms with Gasteiger partial charge in [0.1, 0.15) is 0 Å². The second-order valence-corrected chi connectivity index (χ2v) is 4.52. The minimum Gasteiger partial charge on any atom is -0.374 e. The number of amides is 1. The molecule has 0 aromatic rings. The van der Waals surface area contributed by atoms with Gasteiger partial charge in [-0.25, -0.2) is 0 Å². The van der Waals surface area contributed by atoms with Gasteiger partial charge in [0.15, 0.2) is 0 Å². The van der Waals surface area contributed by atoms with Gasteiger partial charge in [0.05, 0.1) is 18.8 Å². The fourth-order valence-corrected chi connectivity index (χ4v) is 1.34. The largest absolute Gasteiger partial charge is 0.374 e. The van der Waals surface area contributed by atoms with E-state index in [2.05, 4.69) is 5.32 Å². The standard InChI is InChI=1S/C10H20N2O2/c1-10(2,3)14-7-6-12-5-4-11-8-9(12)13/h11H,4-8H2,1-3H3. The first kappa shape index (κ1) is 11.5. The highest BCUT2D eigenvalue weighted by Crippen LogP contribution is 2.06. The maximum atomic E-state index is 11.4. The Balaban J connectivity index is 2.20. The third-order valence-electron chi connectivity index (χ3n) is 2.08. The fraction of sp³-hybridized carbons (Fsp3) is 0.900. The van der Waals surface area contributed by atoms with Crippen LogP contribution in [0.15, 0.2) is 0 Å². The van der Waals surface area contributed by atoms with Gasteiger partial charge in [0.2, 0.25) is 5.91 Å². The number of carbonyl (C=O) groups excluding carboxylic acids is 1. The summed E-state index contributed by atoms with van der Waals surface area (Å²) in [4.78, 5) is 13.2. The maximum absolute atomic E-state index is 11.4. The van der Waals surface area contributed by atoms with Gasteiger partial charge in [-0.15, -0.1) is 0 Å². The molecule has 1 heterocycles. The number of ether oxygens (including phenoxy) is 1. The zero-order chi connectivity index (χ0) is 10.6. The summed E-state index contributed by atoms with van der Waals surface area (Å²) in [5.41, 5.74) is -0.114. The molecule has 0 unspecified atom stereocenters. The zero-order valence-corrected chi connectivity index (χ0v) is 9.30. The number of carbonyl (C=O) groups is 1. The molecule has 0 atom stereocenters.